The van der Waals surface area contributed by atoms with Crippen LogP contribution in [-0.2, 0) is 6.42 Å². The third-order valence-corrected chi connectivity index (χ3v) is 2.48. The van der Waals surface area contributed by atoms with E-state index in [1.165, 1.54) is 6.07 Å². The first-order chi connectivity index (χ1) is 8.74. The van der Waals surface area contributed by atoms with Crippen LogP contribution in [0.5, 0.6) is 0 Å². The number of primary amides is 1. The molecule has 6 nitrogen and oxygen atoms in total. The number of nitrogens with two attached hydrogens (primary N) is 1. The van der Waals surface area contributed by atoms with Crippen molar-refractivity contribution in [2.24, 2.45) is 5.73 Å². The van der Waals surface area contributed by atoms with E-state index in [4.69, 9.17) is 5.73 Å². The minimum absolute atomic E-state index is 0.00361. The molecule has 1 aromatic heterocycles. The maximum Gasteiger partial charge on any atom is 0.270 e. The Bertz CT molecular complexity index is 492. The molecule has 0 spiro atoms. The highest BCUT2D eigenvalue weighted by Crippen LogP contribution is 2.09. The predicted molar refractivity (Wildman–Crippen MR) is 70.8 cm³/mol. The zero-order valence-corrected chi connectivity index (χ0v) is 11.4. The number of carbonyl (C=O) groups excluding carboxylic acids is 2. The maximum atomic E-state index is 12.0. The lowest BCUT2D eigenvalue weighted by Gasteiger charge is -2.18. The lowest BCUT2D eigenvalue weighted by molar-refractivity contribution is 0.0690. The summed E-state index contributed by atoms with van der Waals surface area (Å²) >= 11 is 0. The predicted octanol–water partition coefficient (Wildman–Crippen LogP) is 0.244. The van der Waals surface area contributed by atoms with Crippen molar-refractivity contribution in [1.29, 1.82) is 0 Å². The molecular formula is C13H19N3O3. The van der Waals surface area contributed by atoms with Crippen LogP contribution in [0.25, 0.3) is 0 Å². The molecule has 4 N–H and O–H groups in total. The Hall–Kier alpha value is -1.95. The van der Waals surface area contributed by atoms with Gasteiger partial charge in [-0.25, -0.2) is 4.98 Å². The molecule has 19 heavy (non-hydrogen) atoms. The molecule has 0 saturated carbocycles. The van der Waals surface area contributed by atoms with Gasteiger partial charge in [0.05, 0.1) is 11.2 Å². The molecule has 1 aromatic rings. The van der Waals surface area contributed by atoms with Gasteiger partial charge in [-0.2, -0.15) is 0 Å². The van der Waals surface area contributed by atoms with Gasteiger partial charge in [0.15, 0.2) is 0 Å². The second-order valence-electron chi connectivity index (χ2n) is 4.91. The fourth-order valence-corrected chi connectivity index (χ4v) is 1.45. The lowest BCUT2D eigenvalue weighted by Crippen LogP contribution is -2.39. The molecule has 0 saturated heterocycles. The van der Waals surface area contributed by atoms with E-state index >= 15 is 0 Å². The fourth-order valence-electron chi connectivity index (χ4n) is 1.45. The normalized spacial score (nSPS) is 11.2. The molecule has 6 heteroatoms. The SMILES string of the molecule is CCc1ccc(C(N)=O)c(C(=O)NCC(C)(C)O)n1. The van der Waals surface area contributed by atoms with Gasteiger partial charge in [-0.1, -0.05) is 6.92 Å². The van der Waals surface area contributed by atoms with Gasteiger partial charge in [-0.15, -0.1) is 0 Å². The van der Waals surface area contributed by atoms with Crippen LogP contribution < -0.4 is 11.1 Å². The number of aromatic nitrogens is 1. The summed E-state index contributed by atoms with van der Waals surface area (Å²) in [5.74, 6) is -1.23. The molecule has 1 rings (SSSR count). The van der Waals surface area contributed by atoms with Crippen molar-refractivity contribution in [2.45, 2.75) is 32.8 Å². The molecule has 2 amide bonds. The number of hydrogen-bond acceptors (Lipinski definition) is 4. The van der Waals surface area contributed by atoms with E-state index in [-0.39, 0.29) is 17.8 Å². The Kier molecular flexibility index (Phi) is 4.61. The summed E-state index contributed by atoms with van der Waals surface area (Å²) in [5, 5.41) is 12.1. The molecule has 0 radical (unpaired) electrons. The molecule has 1 heterocycles. The molecule has 0 bridgehead atoms. The number of hydrogen-bond donors (Lipinski definition) is 3. The molecule has 0 unspecified atom stereocenters. The number of rotatable bonds is 5. The van der Waals surface area contributed by atoms with Crippen LogP contribution >= 0.6 is 0 Å². The van der Waals surface area contributed by atoms with Crippen molar-refractivity contribution < 1.29 is 14.7 Å². The summed E-state index contributed by atoms with van der Waals surface area (Å²) < 4.78 is 0. The van der Waals surface area contributed by atoms with E-state index in [1.54, 1.807) is 19.9 Å². The van der Waals surface area contributed by atoms with Crippen molar-refractivity contribution in [3.8, 4) is 0 Å². The summed E-state index contributed by atoms with van der Waals surface area (Å²) in [6, 6.07) is 3.15. The van der Waals surface area contributed by atoms with Crippen LogP contribution in [0.2, 0.25) is 0 Å². The summed E-state index contributed by atoms with van der Waals surface area (Å²) in [5.41, 5.74) is 4.94. The van der Waals surface area contributed by atoms with Crippen molar-refractivity contribution in [2.75, 3.05) is 6.54 Å². The van der Waals surface area contributed by atoms with Crippen molar-refractivity contribution >= 4 is 11.8 Å². The Morgan fingerprint density at radius 1 is 1.42 bits per heavy atom. The minimum Gasteiger partial charge on any atom is -0.389 e. The number of nitrogens with zero attached hydrogens (tertiary/aromatic N) is 1. The molecule has 0 aliphatic carbocycles. The van der Waals surface area contributed by atoms with Gasteiger partial charge < -0.3 is 16.2 Å². The zero-order chi connectivity index (χ0) is 14.6. The minimum atomic E-state index is -1.04. The molecule has 104 valence electrons. The summed E-state index contributed by atoms with van der Waals surface area (Å²) in [7, 11) is 0. The number of aliphatic hydroxyl groups is 1. The second kappa shape index (κ2) is 5.79. The molecule has 0 aliphatic rings. The standard InChI is InChI=1S/C13H19N3O3/c1-4-8-5-6-9(11(14)17)10(16-8)12(18)15-7-13(2,3)19/h5-6,19H,4,7H2,1-3H3,(H2,14,17)(H,15,18). The third-order valence-electron chi connectivity index (χ3n) is 2.48. The highest BCUT2D eigenvalue weighted by atomic mass is 16.3. The van der Waals surface area contributed by atoms with Crippen molar-refractivity contribution in [1.82, 2.24) is 10.3 Å². The summed E-state index contributed by atoms with van der Waals surface area (Å²) in [4.78, 5) is 27.4. The quantitative estimate of drug-likeness (QED) is 0.709. The van der Waals surface area contributed by atoms with Gasteiger partial charge in [-0.3, -0.25) is 9.59 Å². The third kappa shape index (κ3) is 4.33. The molecule has 0 atom stereocenters. The molecular weight excluding hydrogens is 246 g/mol. The van der Waals surface area contributed by atoms with Crippen molar-refractivity contribution in [3.05, 3.63) is 29.1 Å². The van der Waals surface area contributed by atoms with Gasteiger partial charge in [0.2, 0.25) is 0 Å². The number of amides is 2. The van der Waals surface area contributed by atoms with E-state index in [0.717, 1.165) is 0 Å². The number of pyridine rings is 1. The van der Waals surface area contributed by atoms with Crippen LogP contribution in [0.15, 0.2) is 12.1 Å². The van der Waals surface area contributed by atoms with Crippen LogP contribution in [0.4, 0.5) is 0 Å². The van der Waals surface area contributed by atoms with Crippen molar-refractivity contribution in [3.63, 3.8) is 0 Å². The van der Waals surface area contributed by atoms with Gasteiger partial charge in [0.1, 0.15) is 5.69 Å². The lowest BCUT2D eigenvalue weighted by atomic mass is 10.1. The van der Waals surface area contributed by atoms with Gasteiger partial charge in [-0.05, 0) is 32.4 Å². The van der Waals surface area contributed by atoms with E-state index in [0.29, 0.717) is 12.1 Å². The van der Waals surface area contributed by atoms with E-state index in [9.17, 15) is 14.7 Å². The summed E-state index contributed by atoms with van der Waals surface area (Å²) in [6.45, 7) is 5.09. The topological polar surface area (TPSA) is 105 Å². The molecule has 0 aliphatic heterocycles. The average Bonchev–Trinajstić information content (AvgIpc) is 2.34. The Morgan fingerprint density at radius 3 is 2.53 bits per heavy atom. The number of carbonyl (C=O) groups is 2. The highest BCUT2D eigenvalue weighted by molar-refractivity contribution is 6.05. The van der Waals surface area contributed by atoms with Gasteiger partial charge >= 0.3 is 0 Å². The largest absolute Gasteiger partial charge is 0.389 e. The zero-order valence-electron chi connectivity index (χ0n) is 11.4. The first kappa shape index (κ1) is 15.1. The van der Waals surface area contributed by atoms with E-state index < -0.39 is 17.4 Å². The Balaban J connectivity index is 3.02. The molecule has 0 aromatic carbocycles. The van der Waals surface area contributed by atoms with Gasteiger partial charge in [0, 0.05) is 12.2 Å². The first-order valence-electron chi connectivity index (χ1n) is 6.05. The smallest absolute Gasteiger partial charge is 0.270 e. The van der Waals surface area contributed by atoms with E-state index in [1.807, 2.05) is 6.92 Å². The van der Waals surface area contributed by atoms with Crippen LogP contribution in [0.3, 0.4) is 0 Å². The summed E-state index contributed by atoms with van der Waals surface area (Å²) in [6.07, 6.45) is 0.644. The molecule has 0 fully saturated rings. The Morgan fingerprint density at radius 2 is 2.05 bits per heavy atom. The van der Waals surface area contributed by atoms with Crippen LogP contribution in [0.1, 0.15) is 47.3 Å². The van der Waals surface area contributed by atoms with Gasteiger partial charge in [0.25, 0.3) is 11.8 Å². The number of aryl methyl sites for hydroxylation is 1. The first-order valence-corrected chi connectivity index (χ1v) is 6.05. The fraction of sp³-hybridized carbons (Fsp3) is 0.462. The van der Waals surface area contributed by atoms with E-state index in [2.05, 4.69) is 10.3 Å². The highest BCUT2D eigenvalue weighted by Gasteiger charge is 2.20. The monoisotopic (exact) mass is 265 g/mol. The average molecular weight is 265 g/mol. The second-order valence-corrected chi connectivity index (χ2v) is 4.91. The van der Waals surface area contributed by atoms with Crippen LogP contribution in [0, 0.1) is 0 Å². The van der Waals surface area contributed by atoms with Crippen LogP contribution in [-0.4, -0.2) is 34.1 Å². The number of nitrogens with one attached hydrogen (secondary N) is 1. The maximum absolute atomic E-state index is 12.0. The Labute approximate surface area is 112 Å².